The smallest absolute Gasteiger partial charge is 0.462 e. The molecule has 0 aliphatic rings. The van der Waals surface area contributed by atoms with E-state index in [0.29, 0.717) is 5.56 Å². The Morgan fingerprint density at radius 3 is 2.32 bits per heavy atom. The monoisotopic (exact) mass is 359 g/mol. The molecule has 0 saturated carbocycles. The Kier molecular flexibility index (Phi) is 5.37. The number of alkyl halides is 3. The van der Waals surface area contributed by atoms with Crippen LogP contribution < -0.4 is 0 Å². The molecule has 0 atom stereocenters. The number of halogens is 3. The number of methoxy groups -OCH3 is 1. The number of esters is 1. The zero-order valence-electron chi connectivity index (χ0n) is 13.0. The lowest BCUT2D eigenvalue weighted by molar-refractivity contribution is -0.189. The minimum absolute atomic E-state index is 0.0786. The van der Waals surface area contributed by atoms with Gasteiger partial charge < -0.3 is 9.26 Å². The molecular weight excluding hydrogens is 347 g/mol. The van der Waals surface area contributed by atoms with Gasteiger partial charge in [0.15, 0.2) is 0 Å². The molecule has 0 bridgehead atoms. The van der Waals surface area contributed by atoms with Crippen LogP contribution in [0.15, 0.2) is 28.8 Å². The van der Waals surface area contributed by atoms with Crippen LogP contribution >= 0.6 is 0 Å². The van der Waals surface area contributed by atoms with Gasteiger partial charge in [-0.2, -0.15) is 18.2 Å². The van der Waals surface area contributed by atoms with Gasteiger partial charge >= 0.3 is 23.9 Å². The first-order valence-corrected chi connectivity index (χ1v) is 6.70. The van der Waals surface area contributed by atoms with Crippen LogP contribution in [-0.2, 0) is 31.9 Å². The predicted molar refractivity (Wildman–Crippen MR) is 74.3 cm³/mol. The SMILES string of the molecule is COC(=O)C(=O)N(Cc1ccc(-c2noc(C(F)(F)F)n2)cc1)OC. The van der Waals surface area contributed by atoms with Crippen molar-refractivity contribution in [3.05, 3.63) is 35.7 Å². The molecule has 11 heteroatoms. The Hall–Kier alpha value is -2.95. The number of benzene rings is 1. The number of carbonyl (C=O) groups is 2. The van der Waals surface area contributed by atoms with Gasteiger partial charge in [0.2, 0.25) is 5.82 Å². The summed E-state index contributed by atoms with van der Waals surface area (Å²) in [6.45, 7) is -0.0786. The lowest BCUT2D eigenvalue weighted by Crippen LogP contribution is -2.35. The number of hydrogen-bond acceptors (Lipinski definition) is 7. The number of amides is 1. The predicted octanol–water partition coefficient (Wildman–Crippen LogP) is 1.82. The average Bonchev–Trinajstić information content (AvgIpc) is 3.09. The normalized spacial score (nSPS) is 11.2. The maximum atomic E-state index is 12.4. The molecule has 0 radical (unpaired) electrons. The first kappa shape index (κ1) is 18.4. The summed E-state index contributed by atoms with van der Waals surface area (Å²) in [5, 5.41) is 4.04. The highest BCUT2D eigenvalue weighted by Crippen LogP contribution is 2.29. The highest BCUT2D eigenvalue weighted by atomic mass is 19.4. The lowest BCUT2D eigenvalue weighted by Gasteiger charge is -2.18. The van der Waals surface area contributed by atoms with E-state index < -0.39 is 23.9 Å². The van der Waals surface area contributed by atoms with E-state index in [2.05, 4.69) is 19.4 Å². The van der Waals surface area contributed by atoms with Crippen molar-refractivity contribution in [2.24, 2.45) is 0 Å². The zero-order valence-corrected chi connectivity index (χ0v) is 13.0. The number of hydrogen-bond donors (Lipinski definition) is 0. The van der Waals surface area contributed by atoms with Crippen molar-refractivity contribution in [3.8, 4) is 11.4 Å². The molecule has 2 aromatic rings. The number of rotatable bonds is 4. The minimum Gasteiger partial charge on any atom is -0.462 e. The Bertz CT molecular complexity index is 758. The average molecular weight is 359 g/mol. The number of carbonyl (C=O) groups excluding carboxylic acids is 2. The Balaban J connectivity index is 2.13. The Labute approximate surface area is 139 Å². The molecular formula is C14H12F3N3O5. The minimum atomic E-state index is -4.72. The molecule has 0 fully saturated rings. The van der Waals surface area contributed by atoms with Gasteiger partial charge in [0.25, 0.3) is 0 Å². The van der Waals surface area contributed by atoms with Gasteiger partial charge in [-0.3, -0.25) is 9.63 Å². The maximum absolute atomic E-state index is 12.4. The van der Waals surface area contributed by atoms with E-state index in [1.54, 1.807) is 0 Å². The van der Waals surface area contributed by atoms with Gasteiger partial charge in [0.1, 0.15) is 0 Å². The molecule has 8 nitrogen and oxygen atoms in total. The third kappa shape index (κ3) is 4.32. The first-order chi connectivity index (χ1) is 11.8. The van der Waals surface area contributed by atoms with Crippen molar-refractivity contribution in [3.63, 3.8) is 0 Å². The molecule has 0 N–H and O–H groups in total. The molecule has 0 saturated heterocycles. The standard InChI is InChI=1S/C14H12F3N3O5/c1-23-12(22)11(21)20(24-2)7-8-3-5-9(6-4-8)10-18-13(25-19-10)14(15,16)17/h3-6H,7H2,1-2H3. The maximum Gasteiger partial charge on any atom is 0.471 e. The molecule has 134 valence electrons. The van der Waals surface area contributed by atoms with E-state index in [1.807, 2.05) is 0 Å². The van der Waals surface area contributed by atoms with E-state index in [1.165, 1.54) is 31.4 Å². The fraction of sp³-hybridized carbons (Fsp3) is 0.286. The topological polar surface area (TPSA) is 94.8 Å². The van der Waals surface area contributed by atoms with Crippen molar-refractivity contribution in [2.45, 2.75) is 12.7 Å². The molecule has 1 aromatic carbocycles. The molecule has 1 amide bonds. The number of hydroxylamine groups is 2. The molecule has 2 rings (SSSR count). The van der Waals surface area contributed by atoms with Crippen LogP contribution in [0.3, 0.4) is 0 Å². The molecule has 0 aliphatic carbocycles. The summed E-state index contributed by atoms with van der Waals surface area (Å²) >= 11 is 0. The van der Waals surface area contributed by atoms with Crippen molar-refractivity contribution in [2.75, 3.05) is 14.2 Å². The van der Waals surface area contributed by atoms with Crippen LogP contribution in [0.2, 0.25) is 0 Å². The van der Waals surface area contributed by atoms with Crippen LogP contribution in [0.1, 0.15) is 11.5 Å². The van der Waals surface area contributed by atoms with Gasteiger partial charge in [0, 0.05) is 5.56 Å². The van der Waals surface area contributed by atoms with Crippen LogP contribution in [0.5, 0.6) is 0 Å². The van der Waals surface area contributed by atoms with E-state index in [4.69, 9.17) is 4.84 Å². The zero-order chi connectivity index (χ0) is 18.6. The summed E-state index contributed by atoms with van der Waals surface area (Å²) in [7, 11) is 2.26. The molecule has 0 spiro atoms. The summed E-state index contributed by atoms with van der Waals surface area (Å²) in [6, 6.07) is 5.90. The number of nitrogens with zero attached hydrogens (tertiary/aromatic N) is 3. The third-order valence-corrected chi connectivity index (χ3v) is 3.01. The van der Waals surface area contributed by atoms with Gasteiger partial charge in [-0.1, -0.05) is 29.4 Å². The van der Waals surface area contributed by atoms with E-state index in [9.17, 15) is 22.8 Å². The van der Waals surface area contributed by atoms with Crippen LogP contribution in [0.4, 0.5) is 13.2 Å². The van der Waals surface area contributed by atoms with Crippen LogP contribution in [-0.4, -0.2) is 41.3 Å². The molecule has 25 heavy (non-hydrogen) atoms. The summed E-state index contributed by atoms with van der Waals surface area (Å²) in [6.07, 6.45) is -4.72. The molecule has 0 unspecified atom stereocenters. The van der Waals surface area contributed by atoms with Crippen LogP contribution in [0, 0.1) is 0 Å². The number of ether oxygens (including phenoxy) is 1. The van der Waals surface area contributed by atoms with Crippen molar-refractivity contribution >= 4 is 11.9 Å². The van der Waals surface area contributed by atoms with Crippen molar-refractivity contribution in [1.82, 2.24) is 15.2 Å². The van der Waals surface area contributed by atoms with E-state index in [0.717, 1.165) is 12.2 Å². The highest BCUT2D eigenvalue weighted by Gasteiger charge is 2.38. The fourth-order valence-corrected chi connectivity index (χ4v) is 1.79. The third-order valence-electron chi connectivity index (χ3n) is 3.01. The summed E-state index contributed by atoms with van der Waals surface area (Å²) in [4.78, 5) is 31.0. The first-order valence-electron chi connectivity index (χ1n) is 6.70. The largest absolute Gasteiger partial charge is 0.471 e. The van der Waals surface area contributed by atoms with E-state index >= 15 is 0 Å². The van der Waals surface area contributed by atoms with Gasteiger partial charge in [-0.05, 0) is 5.56 Å². The van der Waals surface area contributed by atoms with Crippen molar-refractivity contribution < 1.29 is 36.9 Å². The number of aromatic nitrogens is 2. The summed E-state index contributed by atoms with van der Waals surface area (Å²) in [5.41, 5.74) is 0.827. The highest BCUT2D eigenvalue weighted by molar-refractivity contribution is 6.31. The lowest BCUT2D eigenvalue weighted by atomic mass is 10.1. The molecule has 1 aromatic heterocycles. The Morgan fingerprint density at radius 2 is 1.84 bits per heavy atom. The fourth-order valence-electron chi connectivity index (χ4n) is 1.79. The summed E-state index contributed by atoms with van der Waals surface area (Å²) < 4.78 is 45.8. The second kappa shape index (κ2) is 7.30. The van der Waals surface area contributed by atoms with Gasteiger partial charge in [-0.25, -0.2) is 9.86 Å². The van der Waals surface area contributed by atoms with Crippen LogP contribution in [0.25, 0.3) is 11.4 Å². The second-order valence-electron chi connectivity index (χ2n) is 4.63. The molecule has 0 aliphatic heterocycles. The van der Waals surface area contributed by atoms with Gasteiger partial charge in [-0.15, -0.1) is 0 Å². The van der Waals surface area contributed by atoms with Crippen molar-refractivity contribution in [1.29, 1.82) is 0 Å². The van der Waals surface area contributed by atoms with Gasteiger partial charge in [0.05, 0.1) is 20.8 Å². The summed E-state index contributed by atoms with van der Waals surface area (Å²) in [5.74, 6) is -3.76. The molecule has 1 heterocycles. The quantitative estimate of drug-likeness (QED) is 0.467. The Morgan fingerprint density at radius 1 is 1.20 bits per heavy atom. The second-order valence-corrected chi connectivity index (χ2v) is 4.63. The van der Waals surface area contributed by atoms with E-state index in [-0.39, 0.29) is 17.9 Å².